The van der Waals surface area contributed by atoms with Gasteiger partial charge >= 0.3 is 0 Å². The van der Waals surface area contributed by atoms with Crippen molar-refractivity contribution >= 4 is 23.3 Å². The van der Waals surface area contributed by atoms with Crippen LogP contribution in [0.5, 0.6) is 0 Å². The molecular weight excluding hydrogens is 382 g/mol. The molecular formula is C22H29N5OS. The number of nitrogens with zero attached hydrogens (tertiary/aromatic N) is 4. The van der Waals surface area contributed by atoms with Crippen molar-refractivity contribution in [1.82, 2.24) is 20.2 Å². The highest BCUT2D eigenvalue weighted by Gasteiger charge is 2.23. The van der Waals surface area contributed by atoms with Gasteiger partial charge in [0.15, 0.2) is 5.69 Å². The van der Waals surface area contributed by atoms with Gasteiger partial charge in [-0.15, -0.1) is 0 Å². The molecule has 2 heterocycles. The Kier molecular flexibility index (Phi) is 8.11. The Morgan fingerprint density at radius 2 is 1.93 bits per heavy atom. The molecule has 0 atom stereocenters. The summed E-state index contributed by atoms with van der Waals surface area (Å²) in [5.41, 5.74) is 6.59. The summed E-state index contributed by atoms with van der Waals surface area (Å²) in [6.07, 6.45) is 6.46. The molecule has 0 unspecified atom stereocenters. The molecule has 1 amide bonds. The summed E-state index contributed by atoms with van der Waals surface area (Å²) >= 11 is 4.61. The summed E-state index contributed by atoms with van der Waals surface area (Å²) in [7, 11) is 0. The molecule has 0 bridgehead atoms. The van der Waals surface area contributed by atoms with Crippen molar-refractivity contribution in [1.29, 1.82) is 0 Å². The van der Waals surface area contributed by atoms with Gasteiger partial charge in [-0.3, -0.25) is 14.9 Å². The molecule has 0 radical (unpaired) electrons. The van der Waals surface area contributed by atoms with E-state index < -0.39 is 0 Å². The number of amides is 1. The first-order valence-electron chi connectivity index (χ1n) is 10.4. The summed E-state index contributed by atoms with van der Waals surface area (Å²) in [6.45, 7) is 5.29. The van der Waals surface area contributed by atoms with E-state index in [1.54, 1.807) is 0 Å². The molecule has 1 aromatic carbocycles. The molecule has 2 aromatic rings. The zero-order valence-corrected chi connectivity index (χ0v) is 17.9. The fourth-order valence-corrected chi connectivity index (χ4v) is 3.86. The van der Waals surface area contributed by atoms with E-state index in [4.69, 9.17) is 5.10 Å². The molecule has 0 aliphatic carbocycles. The van der Waals surface area contributed by atoms with Gasteiger partial charge in [0.1, 0.15) is 0 Å². The van der Waals surface area contributed by atoms with Crippen molar-refractivity contribution in [3.05, 3.63) is 41.6 Å². The summed E-state index contributed by atoms with van der Waals surface area (Å²) in [4.78, 5) is 16.9. The average molecular weight is 412 g/mol. The third-order valence-electron chi connectivity index (χ3n) is 5.27. The van der Waals surface area contributed by atoms with Gasteiger partial charge in [0.25, 0.3) is 5.91 Å². The molecule has 0 spiro atoms. The lowest BCUT2D eigenvalue weighted by Gasteiger charge is -2.26. The highest BCUT2D eigenvalue weighted by atomic mass is 32.1. The summed E-state index contributed by atoms with van der Waals surface area (Å²) in [6, 6.07) is 10.2. The van der Waals surface area contributed by atoms with Gasteiger partial charge in [0, 0.05) is 37.3 Å². The van der Waals surface area contributed by atoms with Gasteiger partial charge < -0.3 is 0 Å². The maximum absolute atomic E-state index is 12.9. The number of rotatable bonds is 9. The molecule has 1 aliphatic heterocycles. The van der Waals surface area contributed by atoms with Gasteiger partial charge in [-0.1, -0.05) is 36.8 Å². The molecule has 154 valence electrons. The van der Waals surface area contributed by atoms with E-state index >= 15 is 0 Å². The highest BCUT2D eigenvalue weighted by Crippen LogP contribution is 2.26. The maximum atomic E-state index is 12.9. The van der Waals surface area contributed by atoms with Crippen molar-refractivity contribution in [2.45, 2.75) is 52.0 Å². The molecule has 1 saturated heterocycles. The second kappa shape index (κ2) is 11.0. The molecule has 1 aromatic heterocycles. The third-order valence-corrected chi connectivity index (χ3v) is 5.40. The van der Waals surface area contributed by atoms with Crippen molar-refractivity contribution in [3.63, 3.8) is 0 Å². The van der Waals surface area contributed by atoms with Crippen LogP contribution in [-0.2, 0) is 6.54 Å². The lowest BCUT2D eigenvalue weighted by molar-refractivity contribution is 0.0743. The first kappa shape index (κ1) is 21.4. The first-order valence-corrected chi connectivity index (χ1v) is 10.8. The number of unbranched alkanes of at least 4 members (excludes halogenated alkanes) is 2. The van der Waals surface area contributed by atoms with Crippen LogP contribution in [0.2, 0.25) is 0 Å². The summed E-state index contributed by atoms with van der Waals surface area (Å²) in [5.74, 6) is -0.115. The van der Waals surface area contributed by atoms with E-state index in [0.717, 1.165) is 75.1 Å². The molecule has 3 rings (SSSR count). The van der Waals surface area contributed by atoms with Gasteiger partial charge in [0.2, 0.25) is 0 Å². The number of carbonyl (C=O) groups excluding carboxylic acids is 1. The number of isothiocyanates is 1. The smallest absolute Gasteiger partial charge is 0.283 e. The van der Waals surface area contributed by atoms with Gasteiger partial charge in [0.05, 0.1) is 10.9 Å². The minimum Gasteiger partial charge on any atom is -0.283 e. The van der Waals surface area contributed by atoms with Crippen LogP contribution in [0.25, 0.3) is 11.3 Å². The second-order valence-electron chi connectivity index (χ2n) is 7.43. The molecule has 1 fully saturated rings. The van der Waals surface area contributed by atoms with Crippen LogP contribution in [0.15, 0.2) is 35.3 Å². The number of hydrogen-bond donors (Lipinski definition) is 1. The second-order valence-corrected chi connectivity index (χ2v) is 7.62. The number of hydrazine groups is 1. The zero-order valence-electron chi connectivity index (χ0n) is 17.1. The largest absolute Gasteiger partial charge is 0.286 e. The van der Waals surface area contributed by atoms with Gasteiger partial charge in [-0.05, 0) is 51.2 Å². The minimum atomic E-state index is -0.115. The molecule has 6 nitrogen and oxygen atoms in total. The van der Waals surface area contributed by atoms with Crippen molar-refractivity contribution in [2.75, 3.05) is 19.6 Å². The Labute approximate surface area is 178 Å². The topological polar surface area (TPSA) is 62.5 Å². The number of hydrogen-bond acceptors (Lipinski definition) is 5. The molecule has 1 N–H and O–H groups in total. The molecule has 7 heteroatoms. The monoisotopic (exact) mass is 411 g/mol. The van der Waals surface area contributed by atoms with E-state index in [1.165, 1.54) is 6.42 Å². The van der Waals surface area contributed by atoms with Crippen LogP contribution >= 0.6 is 12.2 Å². The van der Waals surface area contributed by atoms with Crippen molar-refractivity contribution in [2.24, 2.45) is 4.99 Å². The number of thiocarbonyl (C=S) groups is 1. The number of aryl methyl sites for hydroxylation is 1. The van der Waals surface area contributed by atoms with E-state index in [1.807, 2.05) is 34.8 Å². The Balaban J connectivity index is 1.77. The van der Waals surface area contributed by atoms with Crippen LogP contribution in [-0.4, -0.2) is 45.5 Å². The van der Waals surface area contributed by atoms with Crippen molar-refractivity contribution in [3.8, 4) is 11.3 Å². The number of aliphatic imine (C=N–C) groups is 1. The van der Waals surface area contributed by atoms with Gasteiger partial charge in [-0.25, -0.2) is 10.0 Å². The summed E-state index contributed by atoms with van der Waals surface area (Å²) < 4.78 is 1.98. The van der Waals surface area contributed by atoms with E-state index in [0.29, 0.717) is 5.69 Å². The maximum Gasteiger partial charge on any atom is 0.286 e. The normalized spacial score (nSPS) is 14.4. The third kappa shape index (κ3) is 5.82. The van der Waals surface area contributed by atoms with Gasteiger partial charge in [-0.2, -0.15) is 5.10 Å². The SMILES string of the molecule is Cc1c(C(=O)NN2CCCCC2)nn(CCCCCN=C=S)c1-c1ccccc1. The summed E-state index contributed by atoms with van der Waals surface area (Å²) in [5, 5.41) is 9.13. The Hall–Kier alpha value is -2.34. The Bertz CT molecular complexity index is 852. The van der Waals surface area contributed by atoms with Crippen LogP contribution in [0.4, 0.5) is 0 Å². The fourth-order valence-electron chi connectivity index (χ4n) is 3.77. The molecule has 0 saturated carbocycles. The highest BCUT2D eigenvalue weighted by molar-refractivity contribution is 7.78. The lowest BCUT2D eigenvalue weighted by atomic mass is 10.1. The van der Waals surface area contributed by atoms with Crippen LogP contribution in [0, 0.1) is 6.92 Å². The number of piperidine rings is 1. The number of aromatic nitrogens is 2. The predicted molar refractivity (Wildman–Crippen MR) is 119 cm³/mol. The number of benzene rings is 1. The van der Waals surface area contributed by atoms with Crippen LogP contribution < -0.4 is 5.43 Å². The fraction of sp³-hybridized carbons (Fsp3) is 0.500. The number of carbonyl (C=O) groups is 1. The van der Waals surface area contributed by atoms with Crippen molar-refractivity contribution < 1.29 is 4.79 Å². The quantitative estimate of drug-likeness (QED) is 0.380. The lowest BCUT2D eigenvalue weighted by Crippen LogP contribution is -2.45. The van der Waals surface area contributed by atoms with E-state index in [-0.39, 0.29) is 5.91 Å². The predicted octanol–water partition coefficient (Wildman–Crippen LogP) is 4.26. The zero-order chi connectivity index (χ0) is 20.5. The Morgan fingerprint density at radius 3 is 2.66 bits per heavy atom. The van der Waals surface area contributed by atoms with E-state index in [9.17, 15) is 4.79 Å². The molecule has 1 aliphatic rings. The minimum absolute atomic E-state index is 0.115. The van der Waals surface area contributed by atoms with E-state index in [2.05, 4.69) is 39.9 Å². The molecule has 29 heavy (non-hydrogen) atoms. The van der Waals surface area contributed by atoms with Crippen LogP contribution in [0.1, 0.15) is 54.6 Å². The average Bonchev–Trinajstić information content (AvgIpc) is 3.08. The first-order chi connectivity index (χ1) is 14.2. The Morgan fingerprint density at radius 1 is 1.17 bits per heavy atom. The van der Waals surface area contributed by atoms with Crippen LogP contribution in [0.3, 0.4) is 0 Å². The standard InChI is InChI=1S/C22H29N5OS/c1-18-20(22(28)25-26-14-8-4-9-15-26)24-27(16-10-3-7-13-23-17-29)21(18)19-11-5-2-6-12-19/h2,5-6,11-12H,3-4,7-10,13-16H2,1H3,(H,25,28). The number of nitrogens with one attached hydrogen (secondary N) is 1.